The van der Waals surface area contributed by atoms with Gasteiger partial charge in [-0.15, -0.1) is 0 Å². The van der Waals surface area contributed by atoms with Crippen molar-refractivity contribution in [3.8, 4) is 11.5 Å². The number of amides is 2. The van der Waals surface area contributed by atoms with Crippen molar-refractivity contribution in [2.45, 2.75) is 26.9 Å². The Kier molecular flexibility index (Phi) is 6.41. The minimum atomic E-state index is -0.240. The minimum Gasteiger partial charge on any atom is -0.493 e. The SMILES string of the molecule is CCCN1C(=O)S/C(=C/c2ccc(OCc3cccc(C)c3)c(OC)c2)C1=O. The zero-order valence-electron chi connectivity index (χ0n) is 16.2. The van der Waals surface area contributed by atoms with Crippen molar-refractivity contribution in [2.24, 2.45) is 0 Å². The molecule has 1 aliphatic rings. The van der Waals surface area contributed by atoms with E-state index in [0.29, 0.717) is 29.6 Å². The van der Waals surface area contributed by atoms with E-state index in [0.717, 1.165) is 29.3 Å². The van der Waals surface area contributed by atoms with Crippen molar-refractivity contribution < 1.29 is 19.1 Å². The van der Waals surface area contributed by atoms with Crippen LogP contribution in [0.3, 0.4) is 0 Å². The first-order valence-corrected chi connectivity index (χ1v) is 9.95. The molecular formula is C22H23NO4S. The smallest absolute Gasteiger partial charge is 0.293 e. The molecule has 0 saturated carbocycles. The Balaban J connectivity index is 1.76. The van der Waals surface area contributed by atoms with Crippen LogP contribution in [-0.4, -0.2) is 29.7 Å². The Bertz CT molecular complexity index is 923. The molecule has 0 N–H and O–H groups in total. The third kappa shape index (κ3) is 4.57. The molecule has 6 heteroatoms. The average molecular weight is 397 g/mol. The number of carbonyl (C=O) groups excluding carboxylic acids is 2. The topological polar surface area (TPSA) is 55.8 Å². The third-order valence-electron chi connectivity index (χ3n) is 4.28. The molecule has 0 bridgehead atoms. The van der Waals surface area contributed by atoms with Gasteiger partial charge in [0.05, 0.1) is 12.0 Å². The van der Waals surface area contributed by atoms with Crippen molar-refractivity contribution in [3.05, 3.63) is 64.1 Å². The number of hydrogen-bond donors (Lipinski definition) is 0. The van der Waals surface area contributed by atoms with Gasteiger partial charge < -0.3 is 9.47 Å². The summed E-state index contributed by atoms with van der Waals surface area (Å²) in [6, 6.07) is 13.6. The molecule has 2 amide bonds. The molecule has 1 heterocycles. The number of methoxy groups -OCH3 is 1. The second kappa shape index (κ2) is 8.97. The molecule has 0 aromatic heterocycles. The molecule has 1 saturated heterocycles. The van der Waals surface area contributed by atoms with Gasteiger partial charge in [-0.3, -0.25) is 14.5 Å². The summed E-state index contributed by atoms with van der Waals surface area (Å²) in [6.07, 6.45) is 2.46. The molecule has 5 nitrogen and oxygen atoms in total. The quantitative estimate of drug-likeness (QED) is 0.614. The van der Waals surface area contributed by atoms with Crippen LogP contribution >= 0.6 is 11.8 Å². The van der Waals surface area contributed by atoms with Crippen LogP contribution in [0.5, 0.6) is 11.5 Å². The van der Waals surface area contributed by atoms with Gasteiger partial charge in [0.2, 0.25) is 0 Å². The van der Waals surface area contributed by atoms with Crippen LogP contribution in [0.15, 0.2) is 47.4 Å². The summed E-state index contributed by atoms with van der Waals surface area (Å²) in [5.74, 6) is 0.963. The second-order valence-corrected chi connectivity index (χ2v) is 7.51. The normalized spacial score (nSPS) is 15.4. The van der Waals surface area contributed by atoms with Crippen molar-refractivity contribution in [1.82, 2.24) is 4.90 Å². The predicted octanol–water partition coefficient (Wildman–Crippen LogP) is 5.03. The second-order valence-electron chi connectivity index (χ2n) is 6.52. The van der Waals surface area contributed by atoms with Crippen LogP contribution in [0.25, 0.3) is 6.08 Å². The maximum Gasteiger partial charge on any atom is 0.293 e. The highest BCUT2D eigenvalue weighted by Crippen LogP contribution is 2.34. The van der Waals surface area contributed by atoms with E-state index in [2.05, 4.69) is 6.07 Å². The number of carbonyl (C=O) groups is 2. The summed E-state index contributed by atoms with van der Waals surface area (Å²) in [5.41, 5.74) is 3.04. The van der Waals surface area contributed by atoms with Crippen molar-refractivity contribution in [3.63, 3.8) is 0 Å². The molecule has 146 valence electrons. The lowest BCUT2D eigenvalue weighted by molar-refractivity contribution is -0.122. The van der Waals surface area contributed by atoms with Gasteiger partial charge in [0.1, 0.15) is 6.61 Å². The van der Waals surface area contributed by atoms with Gasteiger partial charge in [-0.25, -0.2) is 0 Å². The van der Waals surface area contributed by atoms with Crippen molar-refractivity contribution in [1.29, 1.82) is 0 Å². The van der Waals surface area contributed by atoms with E-state index in [-0.39, 0.29) is 11.1 Å². The number of benzene rings is 2. The molecule has 2 aromatic rings. The summed E-state index contributed by atoms with van der Waals surface area (Å²) in [7, 11) is 1.58. The summed E-state index contributed by atoms with van der Waals surface area (Å²) < 4.78 is 11.3. The van der Waals surface area contributed by atoms with Crippen LogP contribution in [0.1, 0.15) is 30.0 Å². The number of hydrogen-bond acceptors (Lipinski definition) is 5. The fourth-order valence-electron chi connectivity index (χ4n) is 2.92. The average Bonchev–Trinajstić information content (AvgIpc) is 2.94. The zero-order valence-corrected chi connectivity index (χ0v) is 17.0. The van der Waals surface area contributed by atoms with E-state index in [4.69, 9.17) is 9.47 Å². The van der Waals surface area contributed by atoms with Gasteiger partial charge in [-0.1, -0.05) is 42.8 Å². The number of aryl methyl sites for hydroxylation is 1. The van der Waals surface area contributed by atoms with Gasteiger partial charge >= 0.3 is 0 Å². The number of nitrogens with zero attached hydrogens (tertiary/aromatic N) is 1. The van der Waals surface area contributed by atoms with Crippen molar-refractivity contribution >= 4 is 29.0 Å². The van der Waals surface area contributed by atoms with Crippen LogP contribution in [0.2, 0.25) is 0 Å². The van der Waals surface area contributed by atoms with Gasteiger partial charge in [0, 0.05) is 6.54 Å². The molecule has 1 aliphatic heterocycles. The fraction of sp³-hybridized carbons (Fsp3) is 0.273. The third-order valence-corrected chi connectivity index (χ3v) is 5.19. The largest absolute Gasteiger partial charge is 0.493 e. The molecule has 0 atom stereocenters. The van der Waals surface area contributed by atoms with E-state index in [9.17, 15) is 9.59 Å². The van der Waals surface area contributed by atoms with E-state index >= 15 is 0 Å². The Labute approximate surface area is 169 Å². The van der Waals surface area contributed by atoms with Gasteiger partial charge in [0.15, 0.2) is 11.5 Å². The van der Waals surface area contributed by atoms with Gasteiger partial charge in [-0.05, 0) is 54.4 Å². The highest BCUT2D eigenvalue weighted by atomic mass is 32.2. The monoisotopic (exact) mass is 397 g/mol. The van der Waals surface area contributed by atoms with E-state index in [1.165, 1.54) is 10.5 Å². The molecule has 1 fully saturated rings. The first-order chi connectivity index (χ1) is 13.5. The fourth-order valence-corrected chi connectivity index (χ4v) is 3.79. The highest BCUT2D eigenvalue weighted by Gasteiger charge is 2.34. The summed E-state index contributed by atoms with van der Waals surface area (Å²) in [5, 5.41) is -0.219. The Morgan fingerprint density at radius 3 is 2.64 bits per heavy atom. The Morgan fingerprint density at radius 1 is 1.11 bits per heavy atom. The Morgan fingerprint density at radius 2 is 1.93 bits per heavy atom. The highest BCUT2D eigenvalue weighted by molar-refractivity contribution is 8.18. The molecule has 0 aliphatic carbocycles. The first kappa shape index (κ1) is 20.0. The maximum atomic E-state index is 12.4. The first-order valence-electron chi connectivity index (χ1n) is 9.13. The Hall–Kier alpha value is -2.73. The van der Waals surface area contributed by atoms with E-state index in [1.807, 2.05) is 44.2 Å². The minimum absolute atomic E-state index is 0.219. The molecule has 3 rings (SSSR count). The van der Waals surface area contributed by atoms with Crippen LogP contribution in [0, 0.1) is 6.92 Å². The van der Waals surface area contributed by atoms with Crippen LogP contribution in [0.4, 0.5) is 4.79 Å². The molecule has 0 spiro atoms. The molecule has 0 radical (unpaired) electrons. The lowest BCUT2D eigenvalue weighted by Crippen LogP contribution is -2.28. The molecular weight excluding hydrogens is 374 g/mol. The summed E-state index contributed by atoms with van der Waals surface area (Å²) in [6.45, 7) is 4.86. The van der Waals surface area contributed by atoms with Crippen molar-refractivity contribution in [2.75, 3.05) is 13.7 Å². The number of imide groups is 1. The number of thioether (sulfide) groups is 1. The standard InChI is InChI=1S/C22H23NO4S/c1-4-10-23-21(24)20(28-22(23)25)13-16-8-9-18(19(12-16)26-3)27-14-17-7-5-6-15(2)11-17/h5-9,11-13H,4,10,14H2,1-3H3/b20-13+. The van der Waals surface area contributed by atoms with Gasteiger partial charge in [0.25, 0.3) is 11.1 Å². The molecule has 2 aromatic carbocycles. The number of rotatable bonds is 7. The zero-order chi connectivity index (χ0) is 20.1. The van der Waals surface area contributed by atoms with Crippen LogP contribution in [-0.2, 0) is 11.4 Å². The van der Waals surface area contributed by atoms with E-state index in [1.54, 1.807) is 19.3 Å². The number of ether oxygens (including phenoxy) is 2. The summed E-state index contributed by atoms with van der Waals surface area (Å²) in [4.78, 5) is 26.1. The molecule has 28 heavy (non-hydrogen) atoms. The maximum absolute atomic E-state index is 12.4. The summed E-state index contributed by atoms with van der Waals surface area (Å²) >= 11 is 0.970. The lowest BCUT2D eigenvalue weighted by atomic mass is 10.1. The lowest BCUT2D eigenvalue weighted by Gasteiger charge is -2.12. The van der Waals surface area contributed by atoms with Gasteiger partial charge in [-0.2, -0.15) is 0 Å². The van der Waals surface area contributed by atoms with Crippen LogP contribution < -0.4 is 9.47 Å². The molecule has 0 unspecified atom stereocenters. The van der Waals surface area contributed by atoms with E-state index < -0.39 is 0 Å². The predicted molar refractivity (Wildman–Crippen MR) is 111 cm³/mol.